The standard InChI is InChI=1S/C26H40N2O3S.C25H38N2O2S/c1-17(15-28-16-19(14-27-28)32(4,30)31)23-7-8-24-22-6-5-18-13-25(2,29)11-9-20(18)21(22)10-12-26(23,24)3;1-24(29)10-8-18-16(12-24)4-5-20-19(18)9-11-25(2)21(20)6-7-22(25)23(28)15-27-14-17(30-3)13-26-27/h14,16,18,20-24,29H,1,5-13,15H2,2-4H3;13-14,16,18-22,29H,4-12,15H2,1-3H3/t18-,20+,21-,22-,23-,24+,25-,26-;16-,18+,19-,20-,21+,22-,24-,25+/m11/s1. The third-order valence-corrected chi connectivity index (χ3v) is 21.7. The van der Waals surface area contributed by atoms with Crippen molar-refractivity contribution < 1.29 is 23.4 Å². The van der Waals surface area contributed by atoms with Crippen LogP contribution in [0.4, 0.5) is 0 Å². The zero-order chi connectivity index (χ0) is 44.0. The number of ketones is 1. The van der Waals surface area contributed by atoms with Crippen molar-refractivity contribution in [2.75, 3.05) is 12.5 Å². The Morgan fingerprint density at radius 2 is 1.18 bits per heavy atom. The van der Waals surface area contributed by atoms with Crippen LogP contribution in [0.25, 0.3) is 0 Å². The Balaban J connectivity index is 0.000000158. The second-order valence-corrected chi connectivity index (χ2v) is 26.4. The van der Waals surface area contributed by atoms with Crippen LogP contribution in [0.3, 0.4) is 0 Å². The Morgan fingerprint density at radius 3 is 1.69 bits per heavy atom. The Bertz CT molecular complexity index is 2090. The van der Waals surface area contributed by atoms with Crippen LogP contribution in [0.2, 0.25) is 0 Å². The van der Waals surface area contributed by atoms with Crippen molar-refractivity contribution in [1.29, 1.82) is 0 Å². The van der Waals surface area contributed by atoms with Gasteiger partial charge in [0.05, 0.1) is 36.7 Å². The average Bonchev–Trinajstić information content (AvgIpc) is 4.02. The van der Waals surface area contributed by atoms with Gasteiger partial charge < -0.3 is 10.2 Å². The van der Waals surface area contributed by atoms with Crippen LogP contribution in [0.5, 0.6) is 0 Å². The zero-order valence-corrected chi connectivity index (χ0v) is 40.4. The maximum atomic E-state index is 13.3. The highest BCUT2D eigenvalue weighted by atomic mass is 32.2. The lowest BCUT2D eigenvalue weighted by atomic mass is 9.49. The molecule has 0 spiro atoms. The van der Waals surface area contributed by atoms with Crippen molar-refractivity contribution >= 4 is 27.4 Å². The van der Waals surface area contributed by atoms with E-state index < -0.39 is 21.0 Å². The third kappa shape index (κ3) is 8.39. The Hall–Kier alpha value is -1.95. The van der Waals surface area contributed by atoms with Gasteiger partial charge in [-0.2, -0.15) is 10.2 Å². The topological polar surface area (TPSA) is 127 Å². The molecule has 10 rings (SSSR count). The van der Waals surface area contributed by atoms with Crippen LogP contribution in [0.15, 0.2) is 46.7 Å². The van der Waals surface area contributed by atoms with E-state index in [2.05, 4.69) is 30.6 Å². The van der Waals surface area contributed by atoms with E-state index in [-0.39, 0.29) is 16.2 Å². The molecule has 344 valence electrons. The van der Waals surface area contributed by atoms with Gasteiger partial charge in [-0.15, -0.1) is 11.8 Å². The van der Waals surface area contributed by atoms with Gasteiger partial charge in [0.15, 0.2) is 15.6 Å². The quantitative estimate of drug-likeness (QED) is 0.198. The average molecular weight is 891 g/mol. The fraction of sp³-hybridized carbons (Fsp3) is 0.824. The number of thioether (sulfide) groups is 1. The summed E-state index contributed by atoms with van der Waals surface area (Å²) < 4.78 is 27.2. The number of hydrogen-bond donors (Lipinski definition) is 2. The first-order valence-electron chi connectivity index (χ1n) is 24.7. The monoisotopic (exact) mass is 891 g/mol. The maximum absolute atomic E-state index is 13.3. The highest BCUT2D eigenvalue weighted by molar-refractivity contribution is 7.98. The first-order chi connectivity index (χ1) is 29.3. The molecule has 2 heterocycles. The zero-order valence-electron chi connectivity index (χ0n) is 38.8. The van der Waals surface area contributed by atoms with E-state index in [0.717, 1.165) is 90.3 Å². The first kappa shape index (κ1) is 45.2. The molecular formula is C51H78N4O5S2. The van der Waals surface area contributed by atoms with Gasteiger partial charge in [-0.25, -0.2) is 8.42 Å². The fourth-order valence-electron chi connectivity index (χ4n) is 17.1. The van der Waals surface area contributed by atoms with E-state index in [1.165, 1.54) is 101 Å². The van der Waals surface area contributed by atoms with Crippen LogP contribution in [-0.4, -0.2) is 67.7 Å². The number of carbonyl (C=O) groups excluding carboxylic acids is 1. The number of Topliss-reactive ketones (excluding diaryl/α,β-unsaturated/α-hetero) is 1. The third-order valence-electron chi connectivity index (χ3n) is 19.9. The molecule has 0 radical (unpaired) electrons. The minimum atomic E-state index is -3.23. The van der Waals surface area contributed by atoms with Gasteiger partial charge in [0.1, 0.15) is 4.90 Å². The summed E-state index contributed by atoms with van der Waals surface area (Å²) in [6.45, 7) is 14.6. The predicted octanol–water partition coefficient (Wildman–Crippen LogP) is 10.1. The highest BCUT2D eigenvalue weighted by Crippen LogP contribution is 2.67. The van der Waals surface area contributed by atoms with E-state index in [1.54, 1.807) is 22.6 Å². The number of sulfone groups is 1. The van der Waals surface area contributed by atoms with Gasteiger partial charge in [0.2, 0.25) is 0 Å². The number of fused-ring (bicyclic) bond motifs is 10. The summed E-state index contributed by atoms with van der Waals surface area (Å²) >= 11 is 1.68. The fourth-order valence-corrected chi connectivity index (χ4v) is 18.0. The summed E-state index contributed by atoms with van der Waals surface area (Å²) in [4.78, 5) is 14.7. The number of hydrogen-bond acceptors (Lipinski definition) is 8. The summed E-state index contributed by atoms with van der Waals surface area (Å²) in [5.74, 6) is 8.98. The minimum Gasteiger partial charge on any atom is -0.390 e. The number of nitrogens with zero attached hydrogens (tertiary/aromatic N) is 4. The van der Waals surface area contributed by atoms with E-state index in [9.17, 15) is 23.4 Å². The SMILES string of the molecule is C=C(Cn1cc(S(C)(=O)=O)cn1)[C@H]1CC[C@H]2[C@@H]3CC[C@@H]4C[C@](C)(O)CC[C@@H]4[C@H]3CC[C@]12C.CSc1cnn(CC(=O)[C@H]2CC[C@H]3[C@@H]4CC[C@@H]5C[C@](C)(O)CC[C@@H]5[C@H]4CC[C@]23C)c1. The first-order valence-corrected chi connectivity index (χ1v) is 27.8. The van der Waals surface area contributed by atoms with Crippen molar-refractivity contribution in [3.63, 3.8) is 0 Å². The van der Waals surface area contributed by atoms with Gasteiger partial charge in [0, 0.05) is 29.5 Å². The van der Waals surface area contributed by atoms with E-state index in [0.29, 0.717) is 36.1 Å². The lowest BCUT2D eigenvalue weighted by Crippen LogP contribution is -2.51. The molecule has 8 saturated carbocycles. The molecule has 0 bridgehead atoms. The van der Waals surface area contributed by atoms with Crippen molar-refractivity contribution in [2.45, 2.75) is 177 Å². The second-order valence-electron chi connectivity index (χ2n) is 23.5. The van der Waals surface area contributed by atoms with Crippen molar-refractivity contribution in [2.24, 2.45) is 81.8 Å². The summed E-state index contributed by atoms with van der Waals surface area (Å²) in [7, 11) is -3.23. The number of allylic oxidation sites excluding steroid dienone is 1. The second kappa shape index (κ2) is 16.7. The van der Waals surface area contributed by atoms with Gasteiger partial charge in [0.25, 0.3) is 0 Å². The molecule has 0 unspecified atom stereocenters. The van der Waals surface area contributed by atoms with Crippen LogP contribution < -0.4 is 0 Å². The van der Waals surface area contributed by atoms with E-state index in [4.69, 9.17) is 0 Å². The smallest absolute Gasteiger partial charge is 0.178 e. The largest absolute Gasteiger partial charge is 0.390 e. The Kier molecular flexibility index (Phi) is 12.2. The predicted molar refractivity (Wildman–Crippen MR) is 246 cm³/mol. The number of rotatable bonds is 8. The molecule has 0 amide bonds. The van der Waals surface area contributed by atoms with Crippen LogP contribution >= 0.6 is 11.8 Å². The molecular weight excluding hydrogens is 813 g/mol. The molecule has 62 heavy (non-hydrogen) atoms. The number of aromatic nitrogens is 4. The van der Waals surface area contributed by atoms with Crippen molar-refractivity contribution in [3.05, 3.63) is 36.9 Å². The number of carbonyl (C=O) groups is 1. The highest BCUT2D eigenvalue weighted by Gasteiger charge is 2.60. The molecule has 8 aliphatic carbocycles. The molecule has 8 fully saturated rings. The molecule has 2 aromatic heterocycles. The molecule has 2 N–H and O–H groups in total. The molecule has 16 atom stereocenters. The molecule has 11 heteroatoms. The summed E-state index contributed by atoms with van der Waals surface area (Å²) in [6, 6.07) is 0. The molecule has 0 saturated heterocycles. The minimum absolute atomic E-state index is 0.181. The van der Waals surface area contributed by atoms with Gasteiger partial charge in [-0.3, -0.25) is 14.2 Å². The van der Waals surface area contributed by atoms with Gasteiger partial charge >= 0.3 is 0 Å². The Labute approximate surface area is 377 Å². The van der Waals surface area contributed by atoms with Crippen molar-refractivity contribution in [1.82, 2.24) is 19.6 Å². The van der Waals surface area contributed by atoms with Gasteiger partial charge in [-0.05, 0) is 212 Å². The molecule has 2 aromatic rings. The maximum Gasteiger partial charge on any atom is 0.178 e. The summed E-state index contributed by atoms with van der Waals surface area (Å²) in [5.41, 5.74) is 0.805. The lowest BCUT2D eigenvalue weighted by Gasteiger charge is -2.57. The lowest BCUT2D eigenvalue weighted by molar-refractivity contribution is -0.133. The van der Waals surface area contributed by atoms with Crippen LogP contribution in [0, 0.1) is 81.8 Å². The normalized spacial score (nSPS) is 44.6. The van der Waals surface area contributed by atoms with E-state index in [1.807, 2.05) is 37.2 Å². The van der Waals surface area contributed by atoms with Gasteiger partial charge in [-0.1, -0.05) is 26.0 Å². The van der Waals surface area contributed by atoms with E-state index >= 15 is 0 Å². The summed E-state index contributed by atoms with van der Waals surface area (Å²) in [6.07, 6.45) is 31.8. The molecule has 9 nitrogen and oxygen atoms in total. The van der Waals surface area contributed by atoms with Crippen LogP contribution in [-0.2, 0) is 27.7 Å². The van der Waals surface area contributed by atoms with Crippen molar-refractivity contribution in [3.8, 4) is 0 Å². The Morgan fingerprint density at radius 1 is 0.677 bits per heavy atom. The molecule has 0 aliphatic heterocycles. The number of aliphatic hydroxyl groups is 2. The molecule has 0 aromatic carbocycles. The summed E-state index contributed by atoms with van der Waals surface area (Å²) in [5, 5.41) is 29.9. The van der Waals surface area contributed by atoms with Crippen LogP contribution in [0.1, 0.15) is 143 Å². The molecule has 8 aliphatic rings.